The highest BCUT2D eigenvalue weighted by Gasteiger charge is 2.20. The Morgan fingerprint density at radius 1 is 1.18 bits per heavy atom. The molecule has 1 fully saturated rings. The van der Waals surface area contributed by atoms with E-state index in [1.807, 2.05) is 30.7 Å². The Morgan fingerprint density at radius 3 is 2.64 bits per heavy atom. The highest BCUT2D eigenvalue weighted by molar-refractivity contribution is 7.99. The number of hydrogen-bond acceptors (Lipinski definition) is 6. The van der Waals surface area contributed by atoms with Crippen molar-refractivity contribution in [2.45, 2.75) is 50.2 Å². The first kappa shape index (κ1) is 19.1. The second-order valence-electron chi connectivity index (χ2n) is 7.37. The Hall–Kier alpha value is -2.22. The van der Waals surface area contributed by atoms with Crippen LogP contribution in [0.5, 0.6) is 11.5 Å². The molecule has 1 aliphatic heterocycles. The zero-order valence-corrected chi connectivity index (χ0v) is 17.2. The maximum Gasteiger partial charge on any atom is 0.230 e. The quantitative estimate of drug-likeness (QED) is 0.775. The van der Waals surface area contributed by atoms with E-state index >= 15 is 0 Å². The number of hydrogen-bond donors (Lipinski definition) is 1. The van der Waals surface area contributed by atoms with E-state index in [1.165, 1.54) is 24.6 Å². The Balaban J connectivity index is 1.47. The zero-order chi connectivity index (χ0) is 19.5. The smallest absolute Gasteiger partial charge is 0.230 e. The number of ether oxygens (including phenoxy) is 2. The van der Waals surface area contributed by atoms with Crippen LogP contribution in [0.25, 0.3) is 11.4 Å². The third-order valence-electron chi connectivity index (χ3n) is 5.22. The Kier molecular flexibility index (Phi) is 5.75. The van der Waals surface area contributed by atoms with E-state index < -0.39 is 0 Å². The fraction of sp³-hybridized carbons (Fsp3) is 0.550. The highest BCUT2D eigenvalue weighted by atomic mass is 32.2. The maximum atomic E-state index is 12.2. The molecule has 28 heavy (non-hydrogen) atoms. The summed E-state index contributed by atoms with van der Waals surface area (Å²) in [4.78, 5) is 12.2. The van der Waals surface area contributed by atoms with Crippen LogP contribution < -0.4 is 14.8 Å². The molecule has 2 aromatic rings. The number of rotatable bonds is 5. The molecular formula is C20H26N4O3S. The van der Waals surface area contributed by atoms with Crippen LogP contribution in [0.2, 0.25) is 0 Å². The van der Waals surface area contributed by atoms with Crippen LogP contribution >= 0.6 is 11.8 Å². The molecule has 0 unspecified atom stereocenters. The zero-order valence-electron chi connectivity index (χ0n) is 16.4. The van der Waals surface area contributed by atoms with Crippen molar-refractivity contribution >= 4 is 17.7 Å². The normalized spacial score (nSPS) is 16.8. The van der Waals surface area contributed by atoms with Crippen LogP contribution in [0.1, 0.15) is 37.7 Å². The van der Waals surface area contributed by atoms with Gasteiger partial charge in [0.1, 0.15) is 0 Å². The van der Waals surface area contributed by atoms with Gasteiger partial charge < -0.3 is 19.4 Å². The van der Waals surface area contributed by atoms with Crippen molar-refractivity contribution < 1.29 is 14.3 Å². The standard InChI is InChI=1S/C20H26N4O3S/c1-13-10-16-17(27-9-5-8-26-16)11-15(13)19-22-23-20(24(19)2)28-12-18(25)21-14-6-3-4-7-14/h10-11,14H,3-9,12H2,1-2H3,(H,21,25). The van der Waals surface area contributed by atoms with E-state index in [0.717, 1.165) is 52.9 Å². The van der Waals surface area contributed by atoms with Crippen LogP contribution in [0, 0.1) is 6.92 Å². The van der Waals surface area contributed by atoms with Crippen LogP contribution in [-0.4, -0.2) is 45.7 Å². The van der Waals surface area contributed by atoms with Crippen molar-refractivity contribution in [2.75, 3.05) is 19.0 Å². The number of benzene rings is 1. The molecule has 8 heteroatoms. The number of carbonyl (C=O) groups excluding carboxylic acids is 1. The molecule has 2 aliphatic rings. The van der Waals surface area contributed by atoms with Crippen molar-refractivity contribution in [2.24, 2.45) is 7.05 Å². The monoisotopic (exact) mass is 402 g/mol. The average molecular weight is 403 g/mol. The van der Waals surface area contributed by atoms with Gasteiger partial charge in [-0.2, -0.15) is 0 Å². The van der Waals surface area contributed by atoms with Crippen LogP contribution in [0.4, 0.5) is 0 Å². The minimum atomic E-state index is 0.0632. The number of carbonyl (C=O) groups is 1. The molecule has 0 radical (unpaired) electrons. The van der Waals surface area contributed by atoms with Gasteiger partial charge >= 0.3 is 0 Å². The molecule has 0 bridgehead atoms. The molecule has 1 aromatic heterocycles. The topological polar surface area (TPSA) is 78.3 Å². The predicted molar refractivity (Wildman–Crippen MR) is 108 cm³/mol. The molecule has 1 aliphatic carbocycles. The minimum Gasteiger partial charge on any atom is -0.490 e. The van der Waals surface area contributed by atoms with Crippen molar-refractivity contribution in [3.05, 3.63) is 17.7 Å². The molecule has 150 valence electrons. The fourth-order valence-corrected chi connectivity index (χ4v) is 4.42. The number of nitrogens with one attached hydrogen (secondary N) is 1. The van der Waals surface area contributed by atoms with E-state index in [4.69, 9.17) is 9.47 Å². The summed E-state index contributed by atoms with van der Waals surface area (Å²) in [5.41, 5.74) is 2.01. The number of nitrogens with zero attached hydrogens (tertiary/aromatic N) is 3. The lowest BCUT2D eigenvalue weighted by Gasteiger charge is -2.13. The first-order valence-corrected chi connectivity index (χ1v) is 10.8. The third kappa shape index (κ3) is 4.11. The minimum absolute atomic E-state index is 0.0632. The summed E-state index contributed by atoms with van der Waals surface area (Å²) in [6.07, 6.45) is 5.47. The molecule has 1 saturated carbocycles. The molecular weight excluding hydrogens is 376 g/mol. The van der Waals surface area contributed by atoms with Crippen molar-refractivity contribution in [3.8, 4) is 22.9 Å². The Labute approximate surface area is 169 Å². The summed E-state index contributed by atoms with van der Waals surface area (Å²) >= 11 is 1.41. The number of fused-ring (bicyclic) bond motifs is 1. The number of thioether (sulfide) groups is 1. The van der Waals surface area contributed by atoms with E-state index in [1.54, 1.807) is 0 Å². The van der Waals surface area contributed by atoms with Gasteiger partial charge in [0.2, 0.25) is 5.91 Å². The Morgan fingerprint density at radius 2 is 1.89 bits per heavy atom. The van der Waals surface area contributed by atoms with Gasteiger partial charge in [-0.05, 0) is 37.5 Å². The molecule has 0 atom stereocenters. The largest absolute Gasteiger partial charge is 0.490 e. The van der Waals surface area contributed by atoms with Crippen LogP contribution in [0.3, 0.4) is 0 Å². The molecule has 1 amide bonds. The van der Waals surface area contributed by atoms with E-state index in [2.05, 4.69) is 15.5 Å². The maximum absolute atomic E-state index is 12.2. The highest BCUT2D eigenvalue weighted by Crippen LogP contribution is 2.37. The van der Waals surface area contributed by atoms with Gasteiger partial charge in [0.25, 0.3) is 0 Å². The van der Waals surface area contributed by atoms with Crippen molar-refractivity contribution in [1.82, 2.24) is 20.1 Å². The molecule has 7 nitrogen and oxygen atoms in total. The SMILES string of the molecule is Cc1cc2c(cc1-c1nnc(SCC(=O)NC3CCCC3)n1C)OCCCO2. The second-order valence-corrected chi connectivity index (χ2v) is 8.31. The first-order valence-electron chi connectivity index (χ1n) is 9.84. The summed E-state index contributed by atoms with van der Waals surface area (Å²) in [6, 6.07) is 4.31. The van der Waals surface area contributed by atoms with Crippen molar-refractivity contribution in [1.29, 1.82) is 0 Å². The first-order chi connectivity index (χ1) is 13.6. The van der Waals surface area contributed by atoms with Crippen LogP contribution in [0.15, 0.2) is 17.3 Å². The van der Waals surface area contributed by atoms with Gasteiger partial charge in [0.15, 0.2) is 22.5 Å². The molecule has 1 aromatic carbocycles. The van der Waals surface area contributed by atoms with E-state index in [9.17, 15) is 4.79 Å². The summed E-state index contributed by atoms with van der Waals surface area (Å²) in [7, 11) is 1.93. The number of aryl methyl sites for hydroxylation is 1. The summed E-state index contributed by atoms with van der Waals surface area (Å²) in [5, 5.41) is 12.5. The lowest BCUT2D eigenvalue weighted by molar-refractivity contribution is -0.119. The van der Waals surface area contributed by atoms with Gasteiger partial charge in [0, 0.05) is 25.1 Å². The van der Waals surface area contributed by atoms with E-state index in [-0.39, 0.29) is 5.91 Å². The summed E-state index contributed by atoms with van der Waals surface area (Å²) in [5.74, 6) is 2.69. The fourth-order valence-electron chi connectivity index (χ4n) is 3.70. The average Bonchev–Trinajstić information content (AvgIpc) is 3.24. The molecule has 0 saturated heterocycles. The summed E-state index contributed by atoms with van der Waals surface area (Å²) < 4.78 is 13.5. The Bertz CT molecular complexity index is 861. The van der Waals surface area contributed by atoms with Crippen LogP contribution in [-0.2, 0) is 11.8 Å². The van der Waals surface area contributed by atoms with Gasteiger partial charge in [-0.1, -0.05) is 24.6 Å². The second kappa shape index (κ2) is 8.43. The predicted octanol–water partition coefficient (Wildman–Crippen LogP) is 3.10. The summed E-state index contributed by atoms with van der Waals surface area (Å²) in [6.45, 7) is 3.34. The number of amides is 1. The lowest BCUT2D eigenvalue weighted by atomic mass is 10.1. The third-order valence-corrected chi connectivity index (χ3v) is 6.24. The molecule has 2 heterocycles. The lowest BCUT2D eigenvalue weighted by Crippen LogP contribution is -2.33. The van der Waals surface area contributed by atoms with Crippen molar-refractivity contribution in [3.63, 3.8) is 0 Å². The molecule has 4 rings (SSSR count). The number of aromatic nitrogens is 3. The molecule has 0 spiro atoms. The van der Waals surface area contributed by atoms with Gasteiger partial charge in [0.05, 0.1) is 19.0 Å². The van der Waals surface area contributed by atoms with Gasteiger partial charge in [-0.3, -0.25) is 4.79 Å². The molecule has 1 N–H and O–H groups in total. The van der Waals surface area contributed by atoms with Gasteiger partial charge in [-0.25, -0.2) is 0 Å². The van der Waals surface area contributed by atoms with E-state index in [0.29, 0.717) is 25.0 Å². The van der Waals surface area contributed by atoms with Gasteiger partial charge in [-0.15, -0.1) is 10.2 Å².